The van der Waals surface area contributed by atoms with Gasteiger partial charge in [-0.25, -0.2) is 8.78 Å². The lowest BCUT2D eigenvalue weighted by Gasteiger charge is -2.32. The summed E-state index contributed by atoms with van der Waals surface area (Å²) in [5, 5.41) is 13.4. The van der Waals surface area contributed by atoms with Crippen molar-refractivity contribution in [3.63, 3.8) is 0 Å². The van der Waals surface area contributed by atoms with Crippen molar-refractivity contribution in [2.24, 2.45) is 5.92 Å². The molecule has 1 amide bonds. The van der Waals surface area contributed by atoms with Gasteiger partial charge in [-0.2, -0.15) is 5.26 Å². The van der Waals surface area contributed by atoms with E-state index in [0.717, 1.165) is 55.4 Å². The monoisotopic (exact) mass is 574 g/mol. The van der Waals surface area contributed by atoms with Gasteiger partial charge >= 0.3 is 0 Å². The van der Waals surface area contributed by atoms with Crippen LogP contribution in [-0.4, -0.2) is 72.0 Å². The summed E-state index contributed by atoms with van der Waals surface area (Å²) in [4.78, 5) is 20.6. The van der Waals surface area contributed by atoms with Crippen LogP contribution in [0.1, 0.15) is 50.1 Å². The number of likely N-dealkylation sites (tertiary alicyclic amines) is 1. The second kappa shape index (κ2) is 13.8. The fourth-order valence-electron chi connectivity index (χ4n) is 5.33. The summed E-state index contributed by atoms with van der Waals surface area (Å²) in [5.74, 6) is 6.89. The number of nitrogens with one attached hydrogen (secondary N) is 1. The lowest BCUT2D eigenvalue weighted by Crippen LogP contribution is -2.42. The number of nitriles is 1. The Bertz CT molecular complexity index is 1470. The van der Waals surface area contributed by atoms with E-state index in [1.807, 2.05) is 68.1 Å². The fourth-order valence-corrected chi connectivity index (χ4v) is 5.33. The molecule has 3 aromatic rings. The van der Waals surface area contributed by atoms with Gasteiger partial charge in [0.05, 0.1) is 54.4 Å². The maximum Gasteiger partial charge on any atom is 0.256 e. The third kappa shape index (κ3) is 8.08. The number of fused-ring (bicyclic) bond motifs is 1. The van der Waals surface area contributed by atoms with E-state index in [1.165, 1.54) is 5.56 Å². The summed E-state index contributed by atoms with van der Waals surface area (Å²) in [6.45, 7) is 5.62. The number of nitrogens with zero attached hydrogens (tertiary/aromatic N) is 5. The molecule has 3 heterocycles. The average Bonchev–Trinajstić information content (AvgIpc) is 3.30. The molecule has 0 bridgehead atoms. The third-order valence-electron chi connectivity index (χ3n) is 7.83. The number of hydrogen-bond acceptors (Lipinski definition) is 5. The van der Waals surface area contributed by atoms with Crippen LogP contribution in [0.25, 0.3) is 10.9 Å². The van der Waals surface area contributed by atoms with E-state index in [-0.39, 0.29) is 5.91 Å². The number of alkyl halides is 2. The van der Waals surface area contributed by atoms with Crippen LogP contribution in [-0.2, 0) is 23.2 Å². The average molecular weight is 575 g/mol. The molecule has 222 valence electrons. The first-order valence-electron chi connectivity index (χ1n) is 14.5. The van der Waals surface area contributed by atoms with Crippen molar-refractivity contribution in [3.8, 4) is 17.9 Å². The number of aryl methyl sites for hydroxylation is 1. The summed E-state index contributed by atoms with van der Waals surface area (Å²) in [6.07, 6.45) is 3.16. The summed E-state index contributed by atoms with van der Waals surface area (Å²) >= 11 is 0. The zero-order valence-corrected chi connectivity index (χ0v) is 25.0. The van der Waals surface area contributed by atoms with Gasteiger partial charge in [0, 0.05) is 24.0 Å². The maximum atomic E-state index is 13.5. The highest BCUT2D eigenvalue weighted by Gasteiger charge is 2.23. The van der Waals surface area contributed by atoms with Crippen LogP contribution in [0.2, 0.25) is 0 Å². The Hall–Kier alpha value is -3.95. The molecule has 0 saturated carbocycles. The zero-order valence-electron chi connectivity index (χ0n) is 25.0. The van der Waals surface area contributed by atoms with Gasteiger partial charge in [0.15, 0.2) is 0 Å². The Morgan fingerprint density at radius 3 is 2.60 bits per heavy atom. The predicted molar refractivity (Wildman–Crippen MR) is 162 cm³/mol. The number of likely N-dealkylation sites (N-methyl/N-ethyl adjacent to an activating group) is 1. The second-order valence-corrected chi connectivity index (χ2v) is 11.8. The fraction of sp³-hybridized carbons (Fsp3) is 0.485. The lowest BCUT2D eigenvalue weighted by atomic mass is 9.90. The van der Waals surface area contributed by atoms with Gasteiger partial charge in [0.2, 0.25) is 5.91 Å². The van der Waals surface area contributed by atoms with Crippen molar-refractivity contribution in [1.82, 2.24) is 19.4 Å². The smallest absolute Gasteiger partial charge is 0.256 e. The molecule has 1 aliphatic heterocycles. The van der Waals surface area contributed by atoms with E-state index in [2.05, 4.69) is 34.3 Å². The molecular weight excluding hydrogens is 534 g/mol. The first-order valence-corrected chi connectivity index (χ1v) is 14.5. The van der Waals surface area contributed by atoms with Crippen LogP contribution in [0.15, 0.2) is 42.6 Å². The van der Waals surface area contributed by atoms with Gasteiger partial charge in [0.1, 0.15) is 0 Å². The molecule has 0 unspecified atom stereocenters. The van der Waals surface area contributed by atoms with Crippen LogP contribution in [0.5, 0.6) is 0 Å². The highest BCUT2D eigenvalue weighted by atomic mass is 19.3. The number of benzene rings is 1. The number of aromatic nitrogens is 2. The molecule has 0 atom stereocenters. The summed E-state index contributed by atoms with van der Waals surface area (Å²) in [7, 11) is 3.82. The summed E-state index contributed by atoms with van der Waals surface area (Å²) < 4.78 is 28.5. The van der Waals surface area contributed by atoms with E-state index >= 15 is 0 Å². The highest BCUT2D eigenvalue weighted by molar-refractivity contribution is 5.83. The van der Waals surface area contributed by atoms with Gasteiger partial charge in [-0.05, 0) is 101 Å². The largest absolute Gasteiger partial charge is 0.373 e. The van der Waals surface area contributed by atoms with Crippen LogP contribution < -0.4 is 5.32 Å². The van der Waals surface area contributed by atoms with Crippen LogP contribution in [0.4, 0.5) is 14.5 Å². The van der Waals surface area contributed by atoms with E-state index in [1.54, 1.807) is 10.8 Å². The standard InChI is InChI=1S/C33H40F2N6O/c1-33(2,23-36)30-12-10-27(20-38-30)37-15-5-6-28-19-26-18-25(9-11-29(26)41(28)21-31(34)35)8-7-24-13-16-40(17-14-24)32(42)22-39(3)4/h9-12,18-20,24,31,37H,7-8,13-17,21-22H2,1-4H3. The molecule has 1 saturated heterocycles. The molecule has 2 aromatic heterocycles. The normalized spacial score (nSPS) is 14.2. The van der Waals surface area contributed by atoms with E-state index in [0.29, 0.717) is 30.4 Å². The van der Waals surface area contributed by atoms with Crippen molar-refractivity contribution >= 4 is 22.5 Å². The van der Waals surface area contributed by atoms with Gasteiger partial charge in [-0.15, -0.1) is 0 Å². The van der Waals surface area contributed by atoms with Gasteiger partial charge in [-0.3, -0.25) is 9.78 Å². The van der Waals surface area contributed by atoms with Crippen molar-refractivity contribution in [1.29, 1.82) is 5.26 Å². The third-order valence-corrected chi connectivity index (χ3v) is 7.83. The molecule has 1 aliphatic rings. The van der Waals surface area contributed by atoms with E-state index in [4.69, 9.17) is 0 Å². The Morgan fingerprint density at radius 2 is 1.95 bits per heavy atom. The Kier molecular flexibility index (Phi) is 10.2. The molecule has 4 rings (SSSR count). The minimum atomic E-state index is -2.49. The lowest BCUT2D eigenvalue weighted by molar-refractivity contribution is -0.133. The van der Waals surface area contributed by atoms with Crippen LogP contribution in [0, 0.1) is 29.1 Å². The molecule has 42 heavy (non-hydrogen) atoms. The minimum absolute atomic E-state index is 0.193. The van der Waals surface area contributed by atoms with Crippen molar-refractivity contribution in [2.75, 3.05) is 45.6 Å². The first-order chi connectivity index (χ1) is 20.1. The van der Waals surface area contributed by atoms with Gasteiger partial charge in [0.25, 0.3) is 6.43 Å². The summed E-state index contributed by atoms with van der Waals surface area (Å²) in [5.41, 5.74) is 3.29. The zero-order chi connectivity index (χ0) is 30.3. The molecular formula is C33H40F2N6O. The van der Waals surface area contributed by atoms with Crippen LogP contribution in [0.3, 0.4) is 0 Å². The molecule has 9 heteroatoms. The molecule has 0 spiro atoms. The van der Waals surface area contributed by atoms with Crippen molar-refractivity contribution in [2.45, 2.75) is 57.9 Å². The predicted octanol–water partition coefficient (Wildman–Crippen LogP) is 5.30. The van der Waals surface area contributed by atoms with Gasteiger partial charge < -0.3 is 19.7 Å². The molecule has 0 aliphatic carbocycles. The maximum absolute atomic E-state index is 13.5. The second-order valence-electron chi connectivity index (χ2n) is 11.8. The highest BCUT2D eigenvalue weighted by Crippen LogP contribution is 2.26. The van der Waals surface area contributed by atoms with E-state index in [9.17, 15) is 18.8 Å². The Morgan fingerprint density at radius 1 is 1.19 bits per heavy atom. The number of carbonyl (C=O) groups excluding carboxylic acids is 1. The number of piperidine rings is 1. The molecule has 0 radical (unpaired) electrons. The Labute approximate surface area is 247 Å². The SMILES string of the molecule is CN(C)CC(=O)N1CCC(CCc2ccc3c(c2)cc(C#CCNc2ccc(C(C)(C)C#N)nc2)n3CC(F)F)CC1. The first kappa shape index (κ1) is 31.0. The number of hydrogen-bond donors (Lipinski definition) is 1. The van der Waals surface area contributed by atoms with Crippen LogP contribution >= 0.6 is 0 Å². The number of pyridine rings is 1. The molecule has 7 nitrogen and oxygen atoms in total. The van der Waals surface area contributed by atoms with Gasteiger partial charge in [-0.1, -0.05) is 12.0 Å². The minimum Gasteiger partial charge on any atom is -0.373 e. The molecule has 1 aromatic carbocycles. The number of halogens is 2. The Balaban J connectivity index is 1.38. The number of rotatable bonds is 10. The van der Waals surface area contributed by atoms with E-state index < -0.39 is 18.4 Å². The number of amides is 1. The number of anilines is 1. The summed E-state index contributed by atoms with van der Waals surface area (Å²) in [6, 6.07) is 13.8. The topological polar surface area (TPSA) is 77.2 Å². The molecule has 1 fully saturated rings. The number of carbonyl (C=O) groups is 1. The molecule has 1 N–H and O–H groups in total. The quantitative estimate of drug-likeness (QED) is 0.333. The van der Waals surface area contributed by atoms with Crippen molar-refractivity contribution in [3.05, 3.63) is 59.5 Å². The van der Waals surface area contributed by atoms with Crippen molar-refractivity contribution < 1.29 is 13.6 Å².